The first-order valence-electron chi connectivity index (χ1n) is 7.29. The van der Waals surface area contributed by atoms with Crippen molar-refractivity contribution >= 4 is 35.0 Å². The predicted molar refractivity (Wildman–Crippen MR) is 88.8 cm³/mol. The number of hydrogen-bond acceptors (Lipinski definition) is 5. The van der Waals surface area contributed by atoms with Gasteiger partial charge in [0.15, 0.2) is 0 Å². The van der Waals surface area contributed by atoms with Crippen LogP contribution in [0.25, 0.3) is 0 Å². The average Bonchev–Trinajstić information content (AvgIpc) is 3.03. The number of amides is 3. The predicted octanol–water partition coefficient (Wildman–Crippen LogP) is 0.258. The van der Waals surface area contributed by atoms with Crippen LogP contribution in [0.1, 0.15) is 23.5 Å². The topological polar surface area (TPSA) is 107 Å². The van der Waals surface area contributed by atoms with E-state index in [4.69, 9.17) is 5.11 Å². The van der Waals surface area contributed by atoms with E-state index in [0.717, 1.165) is 4.90 Å². The lowest BCUT2D eigenvalue weighted by atomic mass is 10.2. The number of carboxylic acid groups (broad SMARTS) is 1. The summed E-state index contributed by atoms with van der Waals surface area (Å²) in [6.45, 7) is 2.66. The normalized spacial score (nSPS) is 11.5. The van der Waals surface area contributed by atoms with E-state index >= 15 is 0 Å². The Morgan fingerprint density at radius 2 is 2.00 bits per heavy atom. The Kier molecular flexibility index (Phi) is 7.37. The number of aliphatic carboxylic acids is 1. The lowest BCUT2D eigenvalue weighted by Gasteiger charge is -2.28. The largest absolute Gasteiger partial charge is 0.480 e. The number of likely N-dealkylation sites (N-methyl/N-ethyl adjacent to an activating group) is 1. The van der Waals surface area contributed by atoms with Gasteiger partial charge in [-0.15, -0.1) is 11.3 Å². The molecule has 24 heavy (non-hydrogen) atoms. The summed E-state index contributed by atoms with van der Waals surface area (Å²) in [4.78, 5) is 49.6. The van der Waals surface area contributed by atoms with Crippen LogP contribution in [0.5, 0.6) is 0 Å². The van der Waals surface area contributed by atoms with Crippen molar-refractivity contribution in [1.29, 1.82) is 0 Å². The molecular formula is C15H21N3O5S. The van der Waals surface area contributed by atoms with Crippen LogP contribution < -0.4 is 5.32 Å². The molecule has 8 nitrogen and oxygen atoms in total. The quantitative estimate of drug-likeness (QED) is 0.695. The summed E-state index contributed by atoms with van der Waals surface area (Å²) in [6, 6.07) is 2.33. The van der Waals surface area contributed by atoms with E-state index in [9.17, 15) is 19.2 Å². The molecule has 0 aromatic carbocycles. The second-order valence-electron chi connectivity index (χ2n) is 5.22. The van der Waals surface area contributed by atoms with Crippen LogP contribution in [0.3, 0.4) is 0 Å². The Labute approximate surface area is 144 Å². The minimum absolute atomic E-state index is 0.0485. The summed E-state index contributed by atoms with van der Waals surface area (Å²) in [6.07, 6.45) is 0. The van der Waals surface area contributed by atoms with Crippen LogP contribution in [0.15, 0.2) is 17.5 Å². The molecule has 0 saturated heterocycles. The van der Waals surface area contributed by atoms with Crippen molar-refractivity contribution in [2.45, 2.75) is 19.9 Å². The molecule has 0 fully saturated rings. The minimum atomic E-state index is -1.15. The number of nitrogens with one attached hydrogen (secondary N) is 1. The van der Waals surface area contributed by atoms with Crippen LogP contribution in [0, 0.1) is 0 Å². The molecule has 1 unspecified atom stereocenters. The molecule has 1 atom stereocenters. The van der Waals surface area contributed by atoms with E-state index < -0.39 is 17.9 Å². The Morgan fingerprint density at radius 3 is 2.50 bits per heavy atom. The van der Waals surface area contributed by atoms with Crippen molar-refractivity contribution < 1.29 is 24.3 Å². The Bertz CT molecular complexity index is 602. The molecule has 3 amide bonds. The van der Waals surface area contributed by atoms with Gasteiger partial charge in [-0.1, -0.05) is 6.07 Å². The van der Waals surface area contributed by atoms with Crippen molar-refractivity contribution in [2.24, 2.45) is 0 Å². The van der Waals surface area contributed by atoms with E-state index in [0.29, 0.717) is 4.88 Å². The van der Waals surface area contributed by atoms with Gasteiger partial charge in [-0.2, -0.15) is 0 Å². The highest BCUT2D eigenvalue weighted by Gasteiger charge is 2.27. The molecule has 1 aromatic rings. The van der Waals surface area contributed by atoms with Crippen molar-refractivity contribution in [3.63, 3.8) is 0 Å². The summed E-state index contributed by atoms with van der Waals surface area (Å²) >= 11 is 1.27. The lowest BCUT2D eigenvalue weighted by molar-refractivity contribution is -0.149. The highest BCUT2D eigenvalue weighted by atomic mass is 32.1. The second kappa shape index (κ2) is 9.02. The van der Waals surface area contributed by atoms with Gasteiger partial charge < -0.3 is 20.2 Å². The molecule has 0 saturated carbocycles. The van der Waals surface area contributed by atoms with Gasteiger partial charge in [0, 0.05) is 27.1 Å². The summed E-state index contributed by atoms with van der Waals surface area (Å²) in [5.41, 5.74) is 0. The van der Waals surface area contributed by atoms with Gasteiger partial charge in [-0.25, -0.2) is 4.79 Å². The van der Waals surface area contributed by atoms with Gasteiger partial charge in [0.05, 0.1) is 11.4 Å². The Balaban J connectivity index is 2.73. The van der Waals surface area contributed by atoms with Gasteiger partial charge in [-0.05, 0) is 18.4 Å². The molecule has 0 aliphatic heterocycles. The van der Waals surface area contributed by atoms with E-state index in [1.807, 2.05) is 0 Å². The van der Waals surface area contributed by atoms with Gasteiger partial charge in [0.25, 0.3) is 5.91 Å². The molecule has 1 heterocycles. The van der Waals surface area contributed by atoms with Gasteiger partial charge in [-0.3, -0.25) is 14.4 Å². The van der Waals surface area contributed by atoms with Crippen molar-refractivity contribution in [2.75, 3.05) is 26.7 Å². The molecule has 132 valence electrons. The third-order valence-corrected chi connectivity index (χ3v) is 4.18. The van der Waals surface area contributed by atoms with E-state index in [2.05, 4.69) is 5.32 Å². The van der Waals surface area contributed by atoms with E-state index in [1.165, 1.54) is 37.1 Å². The fraction of sp³-hybridized carbons (Fsp3) is 0.467. The van der Waals surface area contributed by atoms with Crippen LogP contribution in [0.2, 0.25) is 0 Å². The number of thiophene rings is 1. The maximum atomic E-state index is 12.4. The summed E-state index contributed by atoms with van der Waals surface area (Å²) in [5.74, 6) is -2.22. The highest BCUT2D eigenvalue weighted by molar-refractivity contribution is 7.12. The van der Waals surface area contributed by atoms with Crippen molar-refractivity contribution in [1.82, 2.24) is 15.1 Å². The summed E-state index contributed by atoms with van der Waals surface area (Å²) in [7, 11) is 1.48. The third-order valence-electron chi connectivity index (χ3n) is 3.32. The molecule has 9 heteroatoms. The maximum Gasteiger partial charge on any atom is 0.326 e. The highest BCUT2D eigenvalue weighted by Crippen LogP contribution is 2.11. The van der Waals surface area contributed by atoms with Crippen molar-refractivity contribution in [3.05, 3.63) is 22.4 Å². The molecule has 2 N–H and O–H groups in total. The molecule has 0 aliphatic carbocycles. The zero-order chi connectivity index (χ0) is 18.3. The zero-order valence-corrected chi connectivity index (χ0v) is 14.6. The third kappa shape index (κ3) is 5.65. The smallest absolute Gasteiger partial charge is 0.326 e. The summed E-state index contributed by atoms with van der Waals surface area (Å²) < 4.78 is 0. The fourth-order valence-electron chi connectivity index (χ4n) is 1.97. The number of carbonyl (C=O) groups is 4. The first-order chi connectivity index (χ1) is 11.2. The molecular weight excluding hydrogens is 334 g/mol. The SMILES string of the molecule is CC(=O)NCCN(C(=O)CN(C)C(=O)c1cccs1)C(C)C(=O)O. The average molecular weight is 355 g/mol. The van der Waals surface area contributed by atoms with E-state index in [1.54, 1.807) is 17.5 Å². The fourth-order valence-corrected chi connectivity index (χ4v) is 2.69. The first kappa shape index (κ1) is 19.6. The number of nitrogens with zero attached hydrogens (tertiary/aromatic N) is 2. The van der Waals surface area contributed by atoms with E-state index in [-0.39, 0.29) is 31.4 Å². The Hall–Kier alpha value is -2.42. The van der Waals surface area contributed by atoms with Gasteiger partial charge in [0.1, 0.15) is 6.04 Å². The monoisotopic (exact) mass is 355 g/mol. The number of carbonyl (C=O) groups excluding carboxylic acids is 3. The van der Waals surface area contributed by atoms with Crippen LogP contribution in [0.4, 0.5) is 0 Å². The van der Waals surface area contributed by atoms with Crippen LogP contribution in [-0.2, 0) is 14.4 Å². The van der Waals surface area contributed by atoms with Crippen molar-refractivity contribution in [3.8, 4) is 0 Å². The molecule has 1 rings (SSSR count). The molecule has 0 bridgehead atoms. The maximum absolute atomic E-state index is 12.4. The summed E-state index contributed by atoms with van der Waals surface area (Å²) in [5, 5.41) is 13.4. The molecule has 0 radical (unpaired) electrons. The minimum Gasteiger partial charge on any atom is -0.480 e. The number of rotatable bonds is 8. The lowest BCUT2D eigenvalue weighted by Crippen LogP contribution is -2.50. The van der Waals surface area contributed by atoms with Gasteiger partial charge in [0.2, 0.25) is 11.8 Å². The molecule has 0 spiro atoms. The standard InChI is InChI=1S/C15H21N3O5S/c1-10(15(22)23)18(7-6-16-11(2)19)13(20)9-17(3)14(21)12-5-4-8-24-12/h4-5,8,10H,6-7,9H2,1-3H3,(H,16,19)(H,22,23). The van der Waals surface area contributed by atoms with Crippen LogP contribution >= 0.6 is 11.3 Å². The number of hydrogen-bond donors (Lipinski definition) is 2. The molecule has 0 aliphatic rings. The molecule has 1 aromatic heterocycles. The Morgan fingerprint density at radius 1 is 1.33 bits per heavy atom. The zero-order valence-electron chi connectivity index (χ0n) is 13.8. The number of carboxylic acids is 1. The van der Waals surface area contributed by atoms with Gasteiger partial charge >= 0.3 is 5.97 Å². The first-order valence-corrected chi connectivity index (χ1v) is 8.17. The second-order valence-corrected chi connectivity index (χ2v) is 6.17. The van der Waals surface area contributed by atoms with Crippen LogP contribution in [-0.4, -0.2) is 71.3 Å².